The molecule has 122 valence electrons. The highest BCUT2D eigenvalue weighted by molar-refractivity contribution is 5.85. The number of nitrogens with two attached hydrogens (primary N) is 1. The van der Waals surface area contributed by atoms with Gasteiger partial charge in [-0.05, 0) is 25.3 Å². The summed E-state index contributed by atoms with van der Waals surface area (Å²) < 4.78 is 5.59. The minimum absolute atomic E-state index is 0. The monoisotopic (exact) mass is 324 g/mol. The first kappa shape index (κ1) is 18.5. The maximum Gasteiger partial charge on any atom is 0.223 e. The van der Waals surface area contributed by atoms with Crippen molar-refractivity contribution in [3.63, 3.8) is 0 Å². The molecular formula is C17H25ClN2O2. The number of rotatable bonds is 6. The molecule has 1 aliphatic carbocycles. The van der Waals surface area contributed by atoms with Crippen LogP contribution in [-0.2, 0) is 11.3 Å². The highest BCUT2D eigenvalue weighted by Crippen LogP contribution is 2.24. The maximum atomic E-state index is 12.2. The Labute approximate surface area is 138 Å². The number of ether oxygens (including phenoxy) is 1. The zero-order valence-corrected chi connectivity index (χ0v) is 13.6. The molecule has 0 saturated heterocycles. The number of amides is 1. The zero-order chi connectivity index (χ0) is 15.1. The first-order chi connectivity index (χ1) is 10.2. The Morgan fingerprint density at radius 3 is 2.91 bits per heavy atom. The van der Waals surface area contributed by atoms with E-state index >= 15 is 0 Å². The van der Waals surface area contributed by atoms with E-state index < -0.39 is 0 Å². The van der Waals surface area contributed by atoms with E-state index in [-0.39, 0.29) is 30.3 Å². The largest absolute Gasteiger partial charge is 0.489 e. The Balaban J connectivity index is 0.00000242. The van der Waals surface area contributed by atoms with Crippen molar-refractivity contribution in [1.29, 1.82) is 0 Å². The maximum absolute atomic E-state index is 12.2. The number of nitrogens with one attached hydrogen (secondary N) is 1. The van der Waals surface area contributed by atoms with Gasteiger partial charge in [0.25, 0.3) is 0 Å². The third-order valence-corrected chi connectivity index (χ3v) is 3.87. The van der Waals surface area contributed by atoms with Gasteiger partial charge in [-0.3, -0.25) is 4.79 Å². The lowest BCUT2D eigenvalue weighted by atomic mass is 9.85. The lowest BCUT2D eigenvalue weighted by molar-refractivity contribution is -0.126. The van der Waals surface area contributed by atoms with E-state index in [4.69, 9.17) is 10.5 Å². The molecule has 1 amide bonds. The van der Waals surface area contributed by atoms with E-state index in [0.717, 1.165) is 37.0 Å². The van der Waals surface area contributed by atoms with E-state index in [1.165, 1.54) is 0 Å². The molecule has 2 unspecified atom stereocenters. The SMILES string of the molecule is C=CCOc1ccccc1CNC(=O)C1CCCC(N)C1.Cl. The molecule has 2 atom stereocenters. The summed E-state index contributed by atoms with van der Waals surface area (Å²) in [6.45, 7) is 4.59. The van der Waals surface area contributed by atoms with Crippen LogP contribution in [0.4, 0.5) is 0 Å². The molecule has 1 fully saturated rings. The highest BCUT2D eigenvalue weighted by Gasteiger charge is 2.25. The van der Waals surface area contributed by atoms with Gasteiger partial charge in [0, 0.05) is 24.1 Å². The molecule has 1 saturated carbocycles. The van der Waals surface area contributed by atoms with Crippen LogP contribution in [0.2, 0.25) is 0 Å². The minimum atomic E-state index is 0. The first-order valence-electron chi connectivity index (χ1n) is 7.55. The zero-order valence-electron chi connectivity index (χ0n) is 12.8. The Morgan fingerprint density at radius 1 is 1.41 bits per heavy atom. The molecule has 1 aliphatic rings. The molecule has 2 rings (SSSR count). The summed E-state index contributed by atoms with van der Waals surface area (Å²) in [5.74, 6) is 0.941. The molecule has 1 aromatic carbocycles. The number of halogens is 1. The van der Waals surface area contributed by atoms with Crippen molar-refractivity contribution in [2.45, 2.75) is 38.3 Å². The Hall–Kier alpha value is -1.52. The molecule has 4 nitrogen and oxygen atoms in total. The number of benzene rings is 1. The van der Waals surface area contributed by atoms with Gasteiger partial charge in [-0.15, -0.1) is 12.4 Å². The van der Waals surface area contributed by atoms with Crippen LogP contribution in [0, 0.1) is 5.92 Å². The van der Waals surface area contributed by atoms with Crippen molar-refractivity contribution in [1.82, 2.24) is 5.32 Å². The van der Waals surface area contributed by atoms with Crippen molar-refractivity contribution >= 4 is 18.3 Å². The van der Waals surface area contributed by atoms with Crippen LogP contribution in [0.3, 0.4) is 0 Å². The molecule has 0 aromatic heterocycles. The lowest BCUT2D eigenvalue weighted by Gasteiger charge is -2.25. The van der Waals surface area contributed by atoms with E-state index in [1.807, 2.05) is 24.3 Å². The lowest BCUT2D eigenvalue weighted by Crippen LogP contribution is -2.37. The third kappa shape index (κ3) is 5.35. The smallest absolute Gasteiger partial charge is 0.223 e. The van der Waals surface area contributed by atoms with E-state index in [0.29, 0.717) is 13.2 Å². The minimum Gasteiger partial charge on any atom is -0.489 e. The second-order valence-electron chi connectivity index (χ2n) is 5.55. The number of hydrogen-bond acceptors (Lipinski definition) is 3. The number of carbonyl (C=O) groups is 1. The molecular weight excluding hydrogens is 300 g/mol. The van der Waals surface area contributed by atoms with Gasteiger partial charge >= 0.3 is 0 Å². The summed E-state index contributed by atoms with van der Waals surface area (Å²) in [5.41, 5.74) is 6.92. The van der Waals surface area contributed by atoms with Gasteiger partial charge < -0.3 is 15.8 Å². The molecule has 0 aliphatic heterocycles. The normalized spacial score (nSPS) is 20.6. The Kier molecular flexibility index (Phi) is 7.99. The van der Waals surface area contributed by atoms with Crippen molar-refractivity contribution in [2.24, 2.45) is 11.7 Å². The Morgan fingerprint density at radius 2 is 2.18 bits per heavy atom. The van der Waals surface area contributed by atoms with Gasteiger partial charge in [0.2, 0.25) is 5.91 Å². The van der Waals surface area contributed by atoms with Crippen LogP contribution in [0.25, 0.3) is 0 Å². The van der Waals surface area contributed by atoms with Crippen LogP contribution < -0.4 is 15.8 Å². The molecule has 1 aromatic rings. The summed E-state index contributed by atoms with van der Waals surface area (Å²) in [4.78, 5) is 12.2. The van der Waals surface area contributed by atoms with Crippen molar-refractivity contribution in [3.8, 4) is 5.75 Å². The van der Waals surface area contributed by atoms with Gasteiger partial charge in [0.05, 0.1) is 0 Å². The summed E-state index contributed by atoms with van der Waals surface area (Å²) in [7, 11) is 0. The van der Waals surface area contributed by atoms with Gasteiger partial charge in [0.1, 0.15) is 12.4 Å². The van der Waals surface area contributed by atoms with Gasteiger partial charge in [-0.1, -0.05) is 37.3 Å². The summed E-state index contributed by atoms with van der Waals surface area (Å²) >= 11 is 0. The molecule has 0 heterocycles. The predicted molar refractivity (Wildman–Crippen MR) is 91.2 cm³/mol. The van der Waals surface area contributed by atoms with Crippen LogP contribution >= 0.6 is 12.4 Å². The second-order valence-corrected chi connectivity index (χ2v) is 5.55. The second kappa shape index (κ2) is 9.49. The van der Waals surface area contributed by atoms with Gasteiger partial charge in [0.15, 0.2) is 0 Å². The number of carbonyl (C=O) groups excluding carboxylic acids is 1. The fourth-order valence-corrected chi connectivity index (χ4v) is 2.73. The summed E-state index contributed by atoms with van der Waals surface area (Å²) in [5, 5.41) is 3.01. The van der Waals surface area contributed by atoms with E-state index in [9.17, 15) is 4.79 Å². The van der Waals surface area contributed by atoms with Crippen molar-refractivity contribution < 1.29 is 9.53 Å². The summed E-state index contributed by atoms with van der Waals surface area (Å²) in [6.07, 6.45) is 5.51. The topological polar surface area (TPSA) is 64.3 Å². The molecule has 22 heavy (non-hydrogen) atoms. The Bertz CT molecular complexity index is 493. The fourth-order valence-electron chi connectivity index (χ4n) is 2.73. The average molecular weight is 325 g/mol. The molecule has 0 spiro atoms. The molecule has 5 heteroatoms. The van der Waals surface area contributed by atoms with E-state index in [2.05, 4.69) is 11.9 Å². The van der Waals surface area contributed by atoms with Gasteiger partial charge in [-0.2, -0.15) is 0 Å². The van der Waals surface area contributed by atoms with Crippen molar-refractivity contribution in [2.75, 3.05) is 6.61 Å². The molecule has 0 radical (unpaired) electrons. The summed E-state index contributed by atoms with van der Waals surface area (Å²) in [6, 6.07) is 7.90. The standard InChI is InChI=1S/C17H24N2O2.ClH/c1-2-10-21-16-9-4-3-6-14(16)12-19-17(20)13-7-5-8-15(18)11-13;/h2-4,6,9,13,15H,1,5,7-8,10-12,18H2,(H,19,20);1H. The number of hydrogen-bond donors (Lipinski definition) is 2. The van der Waals surface area contributed by atoms with Crippen LogP contribution in [-0.4, -0.2) is 18.6 Å². The fraction of sp³-hybridized carbons (Fsp3) is 0.471. The predicted octanol–water partition coefficient (Wildman–Crippen LogP) is 2.81. The number of para-hydroxylation sites is 1. The van der Waals surface area contributed by atoms with Crippen LogP contribution in [0.1, 0.15) is 31.2 Å². The average Bonchev–Trinajstić information content (AvgIpc) is 2.51. The first-order valence-corrected chi connectivity index (χ1v) is 7.55. The van der Waals surface area contributed by atoms with E-state index in [1.54, 1.807) is 6.08 Å². The molecule has 0 bridgehead atoms. The van der Waals surface area contributed by atoms with Crippen LogP contribution in [0.15, 0.2) is 36.9 Å². The highest BCUT2D eigenvalue weighted by atomic mass is 35.5. The van der Waals surface area contributed by atoms with Crippen molar-refractivity contribution in [3.05, 3.63) is 42.5 Å². The molecule has 3 N–H and O–H groups in total. The quantitative estimate of drug-likeness (QED) is 0.791. The van der Waals surface area contributed by atoms with Crippen LogP contribution in [0.5, 0.6) is 5.75 Å². The van der Waals surface area contributed by atoms with Gasteiger partial charge in [-0.25, -0.2) is 0 Å². The third-order valence-electron chi connectivity index (χ3n) is 3.87.